The molecular weight excluding hydrogens is 448 g/mol. The molecule has 0 heterocycles. The lowest BCUT2D eigenvalue weighted by Gasteiger charge is -2.13. The van der Waals surface area contributed by atoms with E-state index < -0.39 is 11.8 Å². The van der Waals surface area contributed by atoms with E-state index in [0.29, 0.717) is 35.5 Å². The Kier molecular flexibility index (Phi) is 9.17. The molecule has 0 saturated heterocycles. The van der Waals surface area contributed by atoms with Gasteiger partial charge in [0.2, 0.25) is 0 Å². The molecule has 0 aliphatic rings. The van der Waals surface area contributed by atoms with Crippen LogP contribution < -0.4 is 20.3 Å². The molecule has 0 saturated carbocycles. The molecule has 2 rings (SSSR count). The Labute approximate surface area is 186 Å². The normalized spacial score (nSPS) is 11.7. The van der Waals surface area contributed by atoms with Crippen molar-refractivity contribution in [1.82, 2.24) is 10.9 Å². The van der Waals surface area contributed by atoms with Crippen molar-refractivity contribution in [2.75, 3.05) is 13.2 Å². The van der Waals surface area contributed by atoms with Crippen LogP contribution in [0.25, 0.3) is 0 Å². The second-order valence-electron chi connectivity index (χ2n) is 7.52. The van der Waals surface area contributed by atoms with Crippen molar-refractivity contribution in [1.29, 1.82) is 0 Å². The highest BCUT2D eigenvalue weighted by atomic mass is 79.9. The number of carbonyl (C=O) groups is 2. The number of hydrogen-bond acceptors (Lipinski definition) is 4. The number of hydrogen-bond donors (Lipinski definition) is 2. The SMILES string of the molecule is CCC(C)c1ccc(OCC(=O)NNC(=O)c2ccc(OCC(C)C)cc2)c(Br)c1. The molecule has 2 amide bonds. The Morgan fingerprint density at radius 1 is 1.00 bits per heavy atom. The van der Waals surface area contributed by atoms with E-state index in [1.54, 1.807) is 24.3 Å². The highest BCUT2D eigenvalue weighted by Crippen LogP contribution is 2.30. The Hall–Kier alpha value is -2.54. The van der Waals surface area contributed by atoms with Gasteiger partial charge in [0.1, 0.15) is 11.5 Å². The van der Waals surface area contributed by atoms with Crippen LogP contribution >= 0.6 is 15.9 Å². The smallest absolute Gasteiger partial charge is 0.276 e. The standard InChI is InChI=1S/C23H29BrN2O4/c1-5-16(4)18-8-11-21(20(24)12-18)30-14-22(27)25-26-23(28)17-6-9-19(10-7-17)29-13-15(2)3/h6-12,15-16H,5,13-14H2,1-4H3,(H,25,27)(H,26,28). The minimum absolute atomic E-state index is 0.219. The maximum atomic E-state index is 12.2. The molecule has 6 nitrogen and oxygen atoms in total. The van der Waals surface area contributed by atoms with E-state index in [4.69, 9.17) is 9.47 Å². The lowest BCUT2D eigenvalue weighted by molar-refractivity contribution is -0.123. The summed E-state index contributed by atoms with van der Waals surface area (Å²) in [4.78, 5) is 24.2. The lowest BCUT2D eigenvalue weighted by Crippen LogP contribution is -2.43. The number of amides is 2. The first-order valence-corrected chi connectivity index (χ1v) is 10.8. The van der Waals surface area contributed by atoms with Crippen molar-refractivity contribution >= 4 is 27.7 Å². The molecule has 162 valence electrons. The molecule has 2 aromatic rings. The average molecular weight is 477 g/mol. The summed E-state index contributed by atoms with van der Waals surface area (Å²) in [5.74, 6) is 1.26. The summed E-state index contributed by atoms with van der Waals surface area (Å²) in [7, 11) is 0. The second-order valence-corrected chi connectivity index (χ2v) is 8.37. The first kappa shape index (κ1) is 23.7. The van der Waals surface area contributed by atoms with Gasteiger partial charge in [-0.15, -0.1) is 0 Å². The molecule has 0 bridgehead atoms. The summed E-state index contributed by atoms with van der Waals surface area (Å²) in [5, 5.41) is 0. The van der Waals surface area contributed by atoms with Crippen molar-refractivity contribution in [3.05, 3.63) is 58.1 Å². The minimum atomic E-state index is -0.460. The van der Waals surface area contributed by atoms with Crippen LogP contribution in [-0.4, -0.2) is 25.0 Å². The largest absolute Gasteiger partial charge is 0.493 e. The van der Waals surface area contributed by atoms with Crippen LogP contribution in [0.1, 0.15) is 56.0 Å². The predicted molar refractivity (Wildman–Crippen MR) is 121 cm³/mol. The van der Waals surface area contributed by atoms with E-state index in [0.717, 1.165) is 10.9 Å². The molecule has 2 N–H and O–H groups in total. The highest BCUT2D eigenvalue weighted by molar-refractivity contribution is 9.10. The van der Waals surface area contributed by atoms with E-state index in [1.165, 1.54) is 5.56 Å². The van der Waals surface area contributed by atoms with Gasteiger partial charge in [-0.3, -0.25) is 20.4 Å². The molecule has 0 fully saturated rings. The first-order chi connectivity index (χ1) is 14.3. The van der Waals surface area contributed by atoms with E-state index in [-0.39, 0.29) is 6.61 Å². The van der Waals surface area contributed by atoms with Crippen LogP contribution in [-0.2, 0) is 4.79 Å². The van der Waals surface area contributed by atoms with Crippen molar-refractivity contribution in [2.24, 2.45) is 5.92 Å². The van der Waals surface area contributed by atoms with Gasteiger partial charge in [-0.2, -0.15) is 0 Å². The van der Waals surface area contributed by atoms with Crippen molar-refractivity contribution in [3.63, 3.8) is 0 Å². The molecule has 1 atom stereocenters. The molecule has 30 heavy (non-hydrogen) atoms. The van der Waals surface area contributed by atoms with E-state index in [1.807, 2.05) is 18.2 Å². The molecule has 0 radical (unpaired) electrons. The number of hydrazine groups is 1. The molecule has 0 spiro atoms. The third-order valence-corrected chi connectivity index (χ3v) is 5.13. The minimum Gasteiger partial charge on any atom is -0.493 e. The predicted octanol–water partition coefficient (Wildman–Crippen LogP) is 4.84. The molecule has 0 aliphatic heterocycles. The van der Waals surface area contributed by atoms with Crippen molar-refractivity contribution < 1.29 is 19.1 Å². The number of rotatable bonds is 9. The summed E-state index contributed by atoms with van der Waals surface area (Å²) < 4.78 is 11.9. The summed E-state index contributed by atoms with van der Waals surface area (Å²) in [6, 6.07) is 12.6. The molecule has 1 unspecified atom stereocenters. The third kappa shape index (κ3) is 7.37. The zero-order valence-electron chi connectivity index (χ0n) is 17.8. The lowest BCUT2D eigenvalue weighted by atomic mass is 9.99. The topological polar surface area (TPSA) is 76.7 Å². The summed E-state index contributed by atoms with van der Waals surface area (Å²) >= 11 is 3.48. The van der Waals surface area contributed by atoms with Gasteiger partial charge in [0, 0.05) is 5.56 Å². The number of benzene rings is 2. The molecular formula is C23H29BrN2O4. The Bertz CT molecular complexity index is 853. The fraction of sp³-hybridized carbons (Fsp3) is 0.391. The molecule has 0 aliphatic carbocycles. The molecule has 7 heteroatoms. The van der Waals surface area contributed by atoms with Crippen LogP contribution in [0.15, 0.2) is 46.9 Å². The fourth-order valence-electron chi connectivity index (χ4n) is 2.52. The van der Waals surface area contributed by atoms with Crippen LogP contribution in [0.4, 0.5) is 0 Å². The highest BCUT2D eigenvalue weighted by Gasteiger charge is 2.11. The maximum Gasteiger partial charge on any atom is 0.276 e. The Balaban J connectivity index is 1.79. The third-order valence-electron chi connectivity index (χ3n) is 4.51. The van der Waals surface area contributed by atoms with Crippen LogP contribution in [0.5, 0.6) is 11.5 Å². The van der Waals surface area contributed by atoms with Gasteiger partial charge in [-0.05, 0) is 76.1 Å². The van der Waals surface area contributed by atoms with Crippen molar-refractivity contribution in [2.45, 2.75) is 40.0 Å². The van der Waals surface area contributed by atoms with E-state index in [9.17, 15) is 9.59 Å². The van der Waals surface area contributed by atoms with Gasteiger partial charge >= 0.3 is 0 Å². The van der Waals surface area contributed by atoms with Crippen molar-refractivity contribution in [3.8, 4) is 11.5 Å². The average Bonchev–Trinajstić information content (AvgIpc) is 2.74. The molecule has 0 aromatic heterocycles. The maximum absolute atomic E-state index is 12.2. The quantitative estimate of drug-likeness (QED) is 0.507. The Morgan fingerprint density at radius 2 is 1.70 bits per heavy atom. The zero-order chi connectivity index (χ0) is 22.1. The Morgan fingerprint density at radius 3 is 2.30 bits per heavy atom. The summed E-state index contributed by atoms with van der Waals surface area (Å²) in [5.41, 5.74) is 6.35. The van der Waals surface area contributed by atoms with Gasteiger partial charge in [0.15, 0.2) is 6.61 Å². The zero-order valence-corrected chi connectivity index (χ0v) is 19.4. The number of halogens is 1. The van der Waals surface area contributed by atoms with Crippen LogP contribution in [0.2, 0.25) is 0 Å². The molecule has 2 aromatic carbocycles. The summed E-state index contributed by atoms with van der Waals surface area (Å²) in [6.07, 6.45) is 1.04. The second kappa shape index (κ2) is 11.6. The number of carbonyl (C=O) groups excluding carboxylic acids is 2. The van der Waals surface area contributed by atoms with Gasteiger partial charge in [-0.1, -0.05) is 33.8 Å². The van der Waals surface area contributed by atoms with Gasteiger partial charge < -0.3 is 9.47 Å². The van der Waals surface area contributed by atoms with Gasteiger partial charge in [-0.25, -0.2) is 0 Å². The van der Waals surface area contributed by atoms with Crippen LogP contribution in [0, 0.1) is 5.92 Å². The first-order valence-electron chi connectivity index (χ1n) is 10.0. The van der Waals surface area contributed by atoms with E-state index in [2.05, 4.69) is 54.5 Å². The number of nitrogens with one attached hydrogen (secondary N) is 2. The van der Waals surface area contributed by atoms with Crippen LogP contribution in [0.3, 0.4) is 0 Å². The number of ether oxygens (including phenoxy) is 2. The van der Waals surface area contributed by atoms with Gasteiger partial charge in [0.25, 0.3) is 11.8 Å². The fourth-order valence-corrected chi connectivity index (χ4v) is 3.03. The monoisotopic (exact) mass is 476 g/mol. The summed E-state index contributed by atoms with van der Waals surface area (Å²) in [6.45, 7) is 8.81. The van der Waals surface area contributed by atoms with E-state index >= 15 is 0 Å². The van der Waals surface area contributed by atoms with Gasteiger partial charge in [0.05, 0.1) is 11.1 Å².